The molecule has 0 aromatic heterocycles. The molecule has 0 bridgehead atoms. The van der Waals surface area contributed by atoms with E-state index in [0.29, 0.717) is 6.42 Å². The first kappa shape index (κ1) is 25.2. The molecule has 3 aromatic carbocycles. The van der Waals surface area contributed by atoms with Crippen LogP contribution in [0.5, 0.6) is 0 Å². The number of hydrogen-bond donors (Lipinski definition) is 1. The summed E-state index contributed by atoms with van der Waals surface area (Å²) in [6, 6.07) is 21.5. The Morgan fingerprint density at radius 2 is 1.42 bits per heavy atom. The SMILES string of the molecule is O=S(=O)(N[C@H]1CCC[C@@H](N2c3ccccc3CCc3ccccc32)C1)c1ccc(SC(F)(F)F)cc1. The van der Waals surface area contributed by atoms with Crippen LogP contribution in [0.3, 0.4) is 0 Å². The van der Waals surface area contributed by atoms with Gasteiger partial charge >= 0.3 is 5.51 Å². The summed E-state index contributed by atoms with van der Waals surface area (Å²) < 4.78 is 66.8. The molecule has 0 saturated heterocycles. The second-order valence-corrected chi connectivity index (χ2v) is 12.1. The first-order valence-corrected chi connectivity index (χ1v) is 14.3. The van der Waals surface area contributed by atoms with Gasteiger partial charge in [-0.2, -0.15) is 13.2 Å². The number of alkyl halides is 3. The molecule has 1 heterocycles. The Bertz CT molecular complexity index is 1280. The summed E-state index contributed by atoms with van der Waals surface area (Å²) in [5, 5.41) is 0. The normalized spacial score (nSPS) is 20.4. The highest BCUT2D eigenvalue weighted by molar-refractivity contribution is 8.00. The van der Waals surface area contributed by atoms with Crippen LogP contribution in [0.25, 0.3) is 0 Å². The number of anilines is 2. The van der Waals surface area contributed by atoms with Gasteiger partial charge in [0.25, 0.3) is 0 Å². The number of benzene rings is 3. The van der Waals surface area contributed by atoms with E-state index in [1.54, 1.807) is 0 Å². The Labute approximate surface area is 214 Å². The number of hydrogen-bond acceptors (Lipinski definition) is 4. The summed E-state index contributed by atoms with van der Waals surface area (Å²) in [6.45, 7) is 0. The number of thioether (sulfide) groups is 1. The van der Waals surface area contributed by atoms with Crippen molar-refractivity contribution in [1.29, 1.82) is 0 Å². The third-order valence-corrected chi connectivity index (χ3v) is 9.14. The van der Waals surface area contributed by atoms with Crippen molar-refractivity contribution in [3.05, 3.63) is 83.9 Å². The molecule has 1 aliphatic heterocycles. The van der Waals surface area contributed by atoms with Crippen LogP contribution in [0.1, 0.15) is 36.8 Å². The van der Waals surface area contributed by atoms with E-state index >= 15 is 0 Å². The van der Waals surface area contributed by atoms with Crippen molar-refractivity contribution in [1.82, 2.24) is 4.72 Å². The number of sulfonamides is 1. The molecule has 2 atom stereocenters. The standard InChI is InChI=1S/C27H27F3N2O2S2/c28-27(29,30)35-23-14-16-24(17-15-23)36(33,34)31-21-8-5-9-22(18-21)32-25-10-3-1-6-19(25)12-13-20-7-2-4-11-26(20)32/h1-4,6-7,10-11,14-17,21-22,31H,5,8-9,12-13,18H2/t21-,22+/m0/s1. The second-order valence-electron chi connectivity index (χ2n) is 9.29. The molecule has 1 aliphatic carbocycles. The number of nitrogens with zero attached hydrogens (tertiary/aromatic N) is 1. The second kappa shape index (κ2) is 10.1. The smallest absolute Gasteiger partial charge is 0.338 e. The predicted molar refractivity (Wildman–Crippen MR) is 137 cm³/mol. The molecule has 5 rings (SSSR count). The molecule has 0 radical (unpaired) electrons. The van der Waals surface area contributed by atoms with E-state index in [1.165, 1.54) is 46.8 Å². The van der Waals surface area contributed by atoms with Crippen molar-refractivity contribution < 1.29 is 21.6 Å². The fraction of sp³-hybridized carbons (Fsp3) is 0.333. The molecular formula is C27H27F3N2O2S2. The maximum absolute atomic E-state index is 13.1. The van der Waals surface area contributed by atoms with Crippen LogP contribution in [0.2, 0.25) is 0 Å². The number of aryl methyl sites for hydroxylation is 2. The van der Waals surface area contributed by atoms with E-state index in [9.17, 15) is 21.6 Å². The van der Waals surface area contributed by atoms with Gasteiger partial charge in [0, 0.05) is 28.4 Å². The highest BCUT2D eigenvalue weighted by Gasteiger charge is 2.33. The molecule has 9 heteroatoms. The van der Waals surface area contributed by atoms with Crippen molar-refractivity contribution in [3.8, 4) is 0 Å². The molecule has 0 unspecified atom stereocenters. The maximum atomic E-state index is 13.1. The Kier molecular flexibility index (Phi) is 7.07. The number of para-hydroxylation sites is 2. The molecule has 3 aromatic rings. The fourth-order valence-electron chi connectivity index (χ4n) is 5.32. The molecule has 0 spiro atoms. The minimum Gasteiger partial charge on any atom is -0.338 e. The van der Waals surface area contributed by atoms with Gasteiger partial charge < -0.3 is 4.90 Å². The van der Waals surface area contributed by atoms with E-state index in [-0.39, 0.29) is 33.6 Å². The third-order valence-electron chi connectivity index (χ3n) is 6.87. The molecule has 1 fully saturated rings. The Hall–Kier alpha value is -2.49. The summed E-state index contributed by atoms with van der Waals surface area (Å²) in [4.78, 5) is 2.32. The van der Waals surface area contributed by atoms with Crippen LogP contribution in [0.15, 0.2) is 82.6 Å². The number of nitrogens with one attached hydrogen (secondary N) is 1. The van der Waals surface area contributed by atoms with Gasteiger partial charge in [-0.25, -0.2) is 13.1 Å². The highest BCUT2D eigenvalue weighted by Crippen LogP contribution is 2.41. The zero-order chi connectivity index (χ0) is 25.3. The number of halogens is 3. The monoisotopic (exact) mass is 532 g/mol. The van der Waals surface area contributed by atoms with E-state index in [0.717, 1.165) is 32.1 Å². The quantitative estimate of drug-likeness (QED) is 0.366. The summed E-state index contributed by atoms with van der Waals surface area (Å²) >= 11 is -0.258. The van der Waals surface area contributed by atoms with E-state index in [1.807, 2.05) is 12.1 Å². The first-order chi connectivity index (χ1) is 17.2. The van der Waals surface area contributed by atoms with Crippen LogP contribution >= 0.6 is 11.8 Å². The van der Waals surface area contributed by atoms with Crippen molar-refractivity contribution in [2.75, 3.05) is 4.90 Å². The van der Waals surface area contributed by atoms with Crippen LogP contribution in [0, 0.1) is 0 Å². The Morgan fingerprint density at radius 1 is 0.833 bits per heavy atom. The zero-order valence-corrected chi connectivity index (χ0v) is 21.2. The lowest BCUT2D eigenvalue weighted by molar-refractivity contribution is -0.0328. The highest BCUT2D eigenvalue weighted by atomic mass is 32.2. The van der Waals surface area contributed by atoms with Gasteiger partial charge in [0.1, 0.15) is 0 Å². The van der Waals surface area contributed by atoms with Gasteiger partial charge in [-0.3, -0.25) is 0 Å². The van der Waals surface area contributed by atoms with Crippen LogP contribution < -0.4 is 9.62 Å². The average Bonchev–Trinajstić information content (AvgIpc) is 3.00. The van der Waals surface area contributed by atoms with Crippen molar-refractivity contribution in [3.63, 3.8) is 0 Å². The van der Waals surface area contributed by atoms with E-state index < -0.39 is 15.5 Å². The molecule has 1 N–H and O–H groups in total. The third kappa shape index (κ3) is 5.58. The predicted octanol–water partition coefficient (Wildman–Crippen LogP) is 6.82. The molecule has 190 valence electrons. The lowest BCUT2D eigenvalue weighted by Gasteiger charge is -2.40. The summed E-state index contributed by atoms with van der Waals surface area (Å²) in [5.74, 6) is 0. The topological polar surface area (TPSA) is 49.4 Å². The molecule has 0 amide bonds. The van der Waals surface area contributed by atoms with Gasteiger partial charge in [0.15, 0.2) is 0 Å². The largest absolute Gasteiger partial charge is 0.446 e. The molecule has 2 aliphatic rings. The minimum absolute atomic E-state index is 0.0263. The van der Waals surface area contributed by atoms with Gasteiger partial charge in [-0.05, 0) is 97.8 Å². The maximum Gasteiger partial charge on any atom is 0.446 e. The summed E-state index contributed by atoms with van der Waals surface area (Å²) in [6.07, 6.45) is 5.09. The van der Waals surface area contributed by atoms with Crippen LogP contribution in [-0.4, -0.2) is 26.0 Å². The van der Waals surface area contributed by atoms with E-state index in [4.69, 9.17) is 0 Å². The lowest BCUT2D eigenvalue weighted by atomic mass is 9.89. The number of rotatable bonds is 5. The first-order valence-electron chi connectivity index (χ1n) is 12.0. The lowest BCUT2D eigenvalue weighted by Crippen LogP contribution is -2.44. The van der Waals surface area contributed by atoms with Crippen LogP contribution in [0.4, 0.5) is 24.5 Å². The van der Waals surface area contributed by atoms with E-state index in [2.05, 4.69) is 46.0 Å². The summed E-state index contributed by atoms with van der Waals surface area (Å²) in [5.41, 5.74) is 0.504. The number of fused-ring (bicyclic) bond motifs is 2. The molecule has 4 nitrogen and oxygen atoms in total. The van der Waals surface area contributed by atoms with Gasteiger partial charge in [0.2, 0.25) is 10.0 Å². The zero-order valence-electron chi connectivity index (χ0n) is 19.5. The van der Waals surface area contributed by atoms with Gasteiger partial charge in [-0.15, -0.1) is 0 Å². The summed E-state index contributed by atoms with van der Waals surface area (Å²) in [7, 11) is -3.86. The average molecular weight is 533 g/mol. The Balaban J connectivity index is 1.37. The Morgan fingerprint density at radius 3 is 2.00 bits per heavy atom. The molecule has 36 heavy (non-hydrogen) atoms. The van der Waals surface area contributed by atoms with Crippen molar-refractivity contribution in [2.24, 2.45) is 0 Å². The van der Waals surface area contributed by atoms with Crippen molar-refractivity contribution >= 4 is 33.2 Å². The van der Waals surface area contributed by atoms with Crippen LogP contribution in [-0.2, 0) is 22.9 Å². The molecular weight excluding hydrogens is 505 g/mol. The minimum atomic E-state index is -4.42. The molecule has 1 saturated carbocycles. The fourth-order valence-corrected chi connectivity index (χ4v) is 7.14. The van der Waals surface area contributed by atoms with Gasteiger partial charge in [-0.1, -0.05) is 36.4 Å². The van der Waals surface area contributed by atoms with Crippen molar-refractivity contribution in [2.45, 2.75) is 65.9 Å². The van der Waals surface area contributed by atoms with Gasteiger partial charge in [0.05, 0.1) is 4.90 Å².